The number of hydrogen-bond donors (Lipinski definition) is 1. The molecule has 0 aliphatic carbocycles. The molecule has 33 heavy (non-hydrogen) atoms. The van der Waals surface area contributed by atoms with E-state index in [9.17, 15) is 19.2 Å². The molecule has 3 rings (SSSR count). The number of carbonyl (C=O) groups is 4. The number of rotatable bonds is 7. The Morgan fingerprint density at radius 1 is 0.970 bits per heavy atom. The van der Waals surface area contributed by atoms with Crippen LogP contribution in [-0.2, 0) is 38.1 Å². The number of amides is 1. The summed E-state index contributed by atoms with van der Waals surface area (Å²) in [5.74, 6) is -2.51. The lowest BCUT2D eigenvalue weighted by Gasteiger charge is -2.44. The summed E-state index contributed by atoms with van der Waals surface area (Å²) in [6.45, 7) is 4.41. The van der Waals surface area contributed by atoms with Crippen molar-refractivity contribution in [2.45, 2.75) is 58.3 Å². The highest BCUT2D eigenvalue weighted by molar-refractivity contribution is 5.74. The SMILES string of the molecule is CC(=O)N[C@@H]1[C@H](Oc2nc3ccccc3o2)O[C@H](COC(C)=O)[C@@H](OC(C)=O)[C@H]1OC(C)=O. The van der Waals surface area contributed by atoms with E-state index in [4.69, 9.17) is 28.1 Å². The first-order valence-corrected chi connectivity index (χ1v) is 10.1. The Bertz CT molecular complexity index is 1000. The first-order valence-electron chi connectivity index (χ1n) is 10.1. The van der Waals surface area contributed by atoms with Gasteiger partial charge in [0.15, 0.2) is 17.8 Å². The Labute approximate surface area is 188 Å². The van der Waals surface area contributed by atoms with Crippen LogP contribution in [-0.4, -0.2) is 66.0 Å². The average molecular weight is 464 g/mol. The molecule has 1 amide bonds. The number of hydrogen-bond acceptors (Lipinski definition) is 11. The highest BCUT2D eigenvalue weighted by atomic mass is 16.7. The standard InChI is InChI=1S/C21H24N2O10/c1-10(24)22-17-19(30-13(4)27)18(29-12(3)26)16(9-28-11(2)25)31-20(17)33-21-23-14-7-5-6-8-15(14)32-21/h5-8,16-20H,9H2,1-4H3,(H,22,24)/t16-,17+,18-,19+,20+/m1/s1. The first-order chi connectivity index (χ1) is 15.6. The summed E-state index contributed by atoms with van der Waals surface area (Å²) in [5, 5.41) is 2.60. The molecule has 1 N–H and O–H groups in total. The summed E-state index contributed by atoms with van der Waals surface area (Å²) in [4.78, 5) is 51.1. The minimum atomic E-state index is -1.31. The number of nitrogens with one attached hydrogen (secondary N) is 1. The van der Waals surface area contributed by atoms with Crippen LogP contribution in [0.4, 0.5) is 0 Å². The zero-order valence-electron chi connectivity index (χ0n) is 18.4. The maximum atomic E-state index is 11.9. The predicted octanol–water partition coefficient (Wildman–Crippen LogP) is 0.863. The van der Waals surface area contributed by atoms with Crippen LogP contribution in [0.2, 0.25) is 0 Å². The molecule has 1 aliphatic heterocycles. The van der Waals surface area contributed by atoms with Gasteiger partial charge in [-0.1, -0.05) is 12.1 Å². The third-order valence-electron chi connectivity index (χ3n) is 4.56. The molecule has 1 aromatic heterocycles. The summed E-state index contributed by atoms with van der Waals surface area (Å²) in [5.41, 5.74) is 0.968. The van der Waals surface area contributed by atoms with Gasteiger partial charge in [0.1, 0.15) is 24.3 Å². The number of aromatic nitrogens is 1. The number of oxazole rings is 1. The van der Waals surface area contributed by atoms with Gasteiger partial charge in [-0.05, 0) is 12.1 Å². The molecule has 12 nitrogen and oxygen atoms in total. The summed E-state index contributed by atoms with van der Waals surface area (Å²) >= 11 is 0. The van der Waals surface area contributed by atoms with E-state index in [1.807, 2.05) is 0 Å². The second-order valence-corrected chi connectivity index (χ2v) is 7.29. The molecule has 5 atom stereocenters. The number of ether oxygens (including phenoxy) is 5. The number of esters is 3. The zero-order valence-corrected chi connectivity index (χ0v) is 18.4. The van der Waals surface area contributed by atoms with Crippen LogP contribution in [0.3, 0.4) is 0 Å². The molecule has 12 heteroatoms. The highest BCUT2D eigenvalue weighted by Crippen LogP contribution is 2.30. The molecule has 0 spiro atoms. The van der Waals surface area contributed by atoms with Gasteiger partial charge < -0.3 is 33.4 Å². The number of carbonyl (C=O) groups excluding carboxylic acids is 4. The van der Waals surface area contributed by atoms with Crippen molar-refractivity contribution in [3.63, 3.8) is 0 Å². The summed E-state index contributed by atoms with van der Waals surface area (Å²) in [6, 6.07) is 5.79. The topological polar surface area (TPSA) is 152 Å². The molecule has 0 radical (unpaired) electrons. The van der Waals surface area contributed by atoms with E-state index < -0.39 is 54.5 Å². The lowest BCUT2D eigenvalue weighted by Crippen LogP contribution is -2.67. The Morgan fingerprint density at radius 3 is 2.24 bits per heavy atom. The van der Waals surface area contributed by atoms with E-state index in [1.165, 1.54) is 13.8 Å². The molecule has 178 valence electrons. The molecule has 2 heterocycles. The molecule has 1 saturated heterocycles. The van der Waals surface area contributed by atoms with Crippen LogP contribution in [0.25, 0.3) is 11.1 Å². The van der Waals surface area contributed by atoms with Crippen LogP contribution in [0, 0.1) is 0 Å². The van der Waals surface area contributed by atoms with Gasteiger partial charge in [0.05, 0.1) is 0 Å². The van der Waals surface area contributed by atoms with Gasteiger partial charge >= 0.3 is 24.0 Å². The van der Waals surface area contributed by atoms with Crippen LogP contribution in [0.5, 0.6) is 6.08 Å². The number of para-hydroxylation sites is 2. The highest BCUT2D eigenvalue weighted by Gasteiger charge is 2.52. The van der Waals surface area contributed by atoms with Crippen molar-refractivity contribution in [2.75, 3.05) is 6.61 Å². The second kappa shape index (κ2) is 10.3. The van der Waals surface area contributed by atoms with Crippen LogP contribution >= 0.6 is 0 Å². The van der Waals surface area contributed by atoms with Gasteiger partial charge in [-0.15, -0.1) is 0 Å². The summed E-state index contributed by atoms with van der Waals surface area (Å²) in [6.07, 6.45) is -5.03. The molecule has 1 aromatic carbocycles. The number of benzene rings is 1. The number of nitrogens with zero attached hydrogens (tertiary/aromatic N) is 1. The van der Waals surface area contributed by atoms with Crippen molar-refractivity contribution in [1.82, 2.24) is 10.3 Å². The molecular weight excluding hydrogens is 440 g/mol. The van der Waals surface area contributed by atoms with Gasteiger partial charge in [0.2, 0.25) is 12.2 Å². The molecule has 1 aliphatic rings. The van der Waals surface area contributed by atoms with Gasteiger partial charge in [-0.2, -0.15) is 4.98 Å². The van der Waals surface area contributed by atoms with Crippen molar-refractivity contribution in [3.8, 4) is 6.08 Å². The normalized spacial score (nSPS) is 24.5. The van der Waals surface area contributed by atoms with E-state index in [-0.39, 0.29) is 12.7 Å². The minimum Gasteiger partial charge on any atom is -0.463 e. The van der Waals surface area contributed by atoms with Crippen molar-refractivity contribution in [1.29, 1.82) is 0 Å². The molecular formula is C21H24N2O10. The van der Waals surface area contributed by atoms with Gasteiger partial charge in [-0.3, -0.25) is 19.2 Å². The van der Waals surface area contributed by atoms with E-state index in [0.29, 0.717) is 11.1 Å². The van der Waals surface area contributed by atoms with Gasteiger partial charge in [-0.25, -0.2) is 0 Å². The maximum absolute atomic E-state index is 11.9. The third kappa shape index (κ3) is 6.19. The fraction of sp³-hybridized carbons (Fsp3) is 0.476. The van der Waals surface area contributed by atoms with Crippen molar-refractivity contribution < 1.29 is 47.3 Å². The average Bonchev–Trinajstić information content (AvgIpc) is 3.12. The van der Waals surface area contributed by atoms with E-state index in [2.05, 4.69) is 10.3 Å². The largest absolute Gasteiger partial charge is 0.463 e. The van der Waals surface area contributed by atoms with Crippen molar-refractivity contribution in [3.05, 3.63) is 24.3 Å². The van der Waals surface area contributed by atoms with Gasteiger partial charge in [0.25, 0.3) is 0 Å². The molecule has 2 aromatic rings. The third-order valence-corrected chi connectivity index (χ3v) is 4.56. The Kier molecular flexibility index (Phi) is 7.48. The van der Waals surface area contributed by atoms with Crippen LogP contribution in [0.15, 0.2) is 28.7 Å². The lowest BCUT2D eigenvalue weighted by molar-refractivity contribution is -0.259. The molecule has 0 unspecified atom stereocenters. The molecule has 1 fully saturated rings. The van der Waals surface area contributed by atoms with E-state index in [0.717, 1.165) is 13.8 Å². The predicted molar refractivity (Wildman–Crippen MR) is 109 cm³/mol. The van der Waals surface area contributed by atoms with Crippen molar-refractivity contribution in [2.24, 2.45) is 0 Å². The zero-order chi connectivity index (χ0) is 24.1. The summed E-state index contributed by atoms with van der Waals surface area (Å²) < 4.78 is 33.0. The Morgan fingerprint density at radius 2 is 1.64 bits per heavy atom. The monoisotopic (exact) mass is 464 g/mol. The quantitative estimate of drug-likeness (QED) is 0.459. The van der Waals surface area contributed by atoms with Gasteiger partial charge in [0, 0.05) is 27.7 Å². The first kappa shape index (κ1) is 24.0. The van der Waals surface area contributed by atoms with Crippen LogP contribution in [0.1, 0.15) is 27.7 Å². The second-order valence-electron chi connectivity index (χ2n) is 7.29. The van der Waals surface area contributed by atoms with Crippen LogP contribution < -0.4 is 10.1 Å². The summed E-state index contributed by atoms with van der Waals surface area (Å²) in [7, 11) is 0. The fourth-order valence-corrected chi connectivity index (χ4v) is 3.39. The number of fused-ring (bicyclic) bond motifs is 1. The smallest absolute Gasteiger partial charge is 0.397 e. The minimum absolute atomic E-state index is 0.171. The van der Waals surface area contributed by atoms with E-state index in [1.54, 1.807) is 24.3 Å². The molecule has 0 saturated carbocycles. The van der Waals surface area contributed by atoms with Crippen molar-refractivity contribution >= 4 is 34.9 Å². The lowest BCUT2D eigenvalue weighted by atomic mass is 9.96. The Hall–Kier alpha value is -3.67. The Balaban J connectivity index is 1.98. The maximum Gasteiger partial charge on any atom is 0.397 e. The molecule has 0 bridgehead atoms. The fourth-order valence-electron chi connectivity index (χ4n) is 3.39. The van der Waals surface area contributed by atoms with E-state index >= 15 is 0 Å².